The zero-order valence-corrected chi connectivity index (χ0v) is 11.5. The molecule has 0 atom stereocenters. The molecule has 0 fully saturated rings. The molecule has 0 radical (unpaired) electrons. The second-order valence-electron chi connectivity index (χ2n) is 4.29. The second-order valence-corrected chi connectivity index (χ2v) is 4.70. The molecule has 2 aromatic carbocycles. The molecule has 0 aromatic heterocycles. The Hall–Kier alpha value is -1.65. The van der Waals surface area contributed by atoms with Crippen LogP contribution in [0.3, 0.4) is 0 Å². The van der Waals surface area contributed by atoms with Gasteiger partial charge in [0.05, 0.1) is 5.02 Å². The van der Waals surface area contributed by atoms with Crippen LogP contribution in [0.25, 0.3) is 0 Å². The molecule has 0 saturated heterocycles. The summed E-state index contributed by atoms with van der Waals surface area (Å²) in [6, 6.07) is 8.89. The van der Waals surface area contributed by atoms with Crippen molar-refractivity contribution in [2.24, 2.45) is 5.73 Å². The summed E-state index contributed by atoms with van der Waals surface area (Å²) in [6.07, 6.45) is 0.491. The monoisotopic (exact) mass is 297 g/mol. The Morgan fingerprint density at radius 3 is 2.65 bits per heavy atom. The van der Waals surface area contributed by atoms with Crippen molar-refractivity contribution in [2.45, 2.75) is 13.0 Å². The Bertz CT molecular complexity index is 604. The summed E-state index contributed by atoms with van der Waals surface area (Å²) in [4.78, 5) is 0. The standard InChI is InChI=1S/C15H14ClF2NO/c16-13-3-1-2-11(15(13)18)9-20-14-5-4-12(17)8-10(14)6-7-19/h1-5,8H,6-7,9,19H2. The maximum Gasteiger partial charge on any atom is 0.148 e. The molecule has 0 spiro atoms. The maximum atomic E-state index is 13.7. The number of hydrogen-bond donors (Lipinski definition) is 1. The van der Waals surface area contributed by atoms with Gasteiger partial charge in [-0.15, -0.1) is 0 Å². The minimum absolute atomic E-state index is 0.0234. The number of halogens is 3. The van der Waals surface area contributed by atoms with Gasteiger partial charge in [-0.3, -0.25) is 0 Å². The van der Waals surface area contributed by atoms with Crippen molar-refractivity contribution in [3.05, 3.63) is 64.2 Å². The first-order valence-corrected chi connectivity index (χ1v) is 6.54. The fourth-order valence-corrected chi connectivity index (χ4v) is 2.05. The summed E-state index contributed by atoms with van der Waals surface area (Å²) >= 11 is 5.70. The number of rotatable bonds is 5. The van der Waals surface area contributed by atoms with Crippen molar-refractivity contribution in [1.29, 1.82) is 0 Å². The predicted octanol–water partition coefficient (Wildman–Crippen LogP) is 3.70. The van der Waals surface area contributed by atoms with Crippen LogP contribution in [0.1, 0.15) is 11.1 Å². The van der Waals surface area contributed by atoms with Gasteiger partial charge in [0.2, 0.25) is 0 Å². The van der Waals surface area contributed by atoms with Crippen molar-refractivity contribution in [3.8, 4) is 5.75 Å². The Kier molecular flexibility index (Phi) is 4.93. The van der Waals surface area contributed by atoms with Gasteiger partial charge in [-0.2, -0.15) is 0 Å². The third kappa shape index (κ3) is 3.46. The van der Waals surface area contributed by atoms with Crippen molar-refractivity contribution in [2.75, 3.05) is 6.54 Å². The Morgan fingerprint density at radius 1 is 1.10 bits per heavy atom. The van der Waals surface area contributed by atoms with Crippen LogP contribution in [-0.4, -0.2) is 6.54 Å². The van der Waals surface area contributed by atoms with Gasteiger partial charge in [0.1, 0.15) is 24.0 Å². The normalized spacial score (nSPS) is 10.6. The van der Waals surface area contributed by atoms with E-state index in [2.05, 4.69) is 0 Å². The van der Waals surface area contributed by atoms with Gasteiger partial charge in [0.25, 0.3) is 0 Å². The number of benzene rings is 2. The molecular formula is C15H14ClF2NO. The highest BCUT2D eigenvalue weighted by atomic mass is 35.5. The minimum atomic E-state index is -0.503. The van der Waals surface area contributed by atoms with E-state index in [1.165, 1.54) is 24.3 Å². The maximum absolute atomic E-state index is 13.7. The highest BCUT2D eigenvalue weighted by molar-refractivity contribution is 6.30. The quantitative estimate of drug-likeness (QED) is 0.913. The molecule has 20 heavy (non-hydrogen) atoms. The Labute approximate surface area is 121 Å². The first-order chi connectivity index (χ1) is 9.61. The minimum Gasteiger partial charge on any atom is -0.489 e. The van der Waals surface area contributed by atoms with Crippen LogP contribution < -0.4 is 10.5 Å². The van der Waals surface area contributed by atoms with Gasteiger partial charge >= 0.3 is 0 Å². The molecule has 2 nitrogen and oxygen atoms in total. The van der Waals surface area contributed by atoms with Crippen LogP contribution >= 0.6 is 11.6 Å². The topological polar surface area (TPSA) is 35.2 Å². The molecule has 0 heterocycles. The summed E-state index contributed by atoms with van der Waals surface area (Å²) in [5.74, 6) is -0.359. The molecular weight excluding hydrogens is 284 g/mol. The van der Waals surface area contributed by atoms with Gasteiger partial charge in [-0.25, -0.2) is 8.78 Å². The van der Waals surface area contributed by atoms with E-state index in [1.807, 2.05) is 0 Å². The summed E-state index contributed by atoms with van der Waals surface area (Å²) in [7, 11) is 0. The van der Waals surface area contributed by atoms with E-state index in [0.717, 1.165) is 0 Å². The first-order valence-electron chi connectivity index (χ1n) is 6.16. The summed E-state index contributed by atoms with van der Waals surface area (Å²) < 4.78 is 32.4. The summed E-state index contributed by atoms with van der Waals surface area (Å²) in [5.41, 5.74) is 6.48. The van der Waals surface area contributed by atoms with Crippen molar-refractivity contribution in [1.82, 2.24) is 0 Å². The van der Waals surface area contributed by atoms with Gasteiger partial charge in [0, 0.05) is 5.56 Å². The van der Waals surface area contributed by atoms with E-state index in [0.29, 0.717) is 29.8 Å². The molecule has 2 aromatic rings. The molecule has 2 N–H and O–H groups in total. The van der Waals surface area contributed by atoms with Crippen LogP contribution in [0.5, 0.6) is 5.75 Å². The molecule has 0 aliphatic heterocycles. The number of nitrogens with two attached hydrogens (primary N) is 1. The van der Waals surface area contributed by atoms with E-state index in [9.17, 15) is 8.78 Å². The fraction of sp³-hybridized carbons (Fsp3) is 0.200. The second kappa shape index (κ2) is 6.68. The third-order valence-corrected chi connectivity index (χ3v) is 3.14. The third-order valence-electron chi connectivity index (χ3n) is 2.85. The largest absolute Gasteiger partial charge is 0.489 e. The molecule has 5 heteroatoms. The molecule has 2 rings (SSSR count). The lowest BCUT2D eigenvalue weighted by Gasteiger charge is -2.12. The van der Waals surface area contributed by atoms with Gasteiger partial charge < -0.3 is 10.5 Å². The first kappa shape index (κ1) is 14.8. The van der Waals surface area contributed by atoms with Crippen molar-refractivity contribution in [3.63, 3.8) is 0 Å². The van der Waals surface area contributed by atoms with Crippen LogP contribution in [0, 0.1) is 11.6 Å². The van der Waals surface area contributed by atoms with Crippen molar-refractivity contribution < 1.29 is 13.5 Å². The van der Waals surface area contributed by atoms with Gasteiger partial charge in [0.15, 0.2) is 0 Å². The van der Waals surface area contributed by atoms with E-state index < -0.39 is 5.82 Å². The molecule has 0 unspecified atom stereocenters. The van der Waals surface area contributed by atoms with Gasteiger partial charge in [-0.05, 0) is 42.8 Å². The molecule has 0 bridgehead atoms. The van der Waals surface area contributed by atoms with E-state index in [4.69, 9.17) is 22.1 Å². The van der Waals surface area contributed by atoms with E-state index in [-0.39, 0.29) is 17.4 Å². The molecule has 106 valence electrons. The fourth-order valence-electron chi connectivity index (χ4n) is 1.86. The lowest BCUT2D eigenvalue weighted by atomic mass is 10.1. The number of ether oxygens (including phenoxy) is 1. The molecule has 0 aliphatic carbocycles. The highest BCUT2D eigenvalue weighted by Crippen LogP contribution is 2.23. The summed E-state index contributed by atoms with van der Waals surface area (Å²) in [6.45, 7) is 0.404. The average Bonchev–Trinajstić information content (AvgIpc) is 2.42. The molecule has 0 saturated carbocycles. The highest BCUT2D eigenvalue weighted by Gasteiger charge is 2.09. The van der Waals surface area contributed by atoms with Crippen LogP contribution in [0.2, 0.25) is 5.02 Å². The lowest BCUT2D eigenvalue weighted by Crippen LogP contribution is -2.06. The lowest BCUT2D eigenvalue weighted by molar-refractivity contribution is 0.296. The predicted molar refractivity (Wildman–Crippen MR) is 74.9 cm³/mol. The zero-order chi connectivity index (χ0) is 14.5. The van der Waals surface area contributed by atoms with Gasteiger partial charge in [-0.1, -0.05) is 23.7 Å². The van der Waals surface area contributed by atoms with Crippen molar-refractivity contribution >= 4 is 11.6 Å². The average molecular weight is 298 g/mol. The Morgan fingerprint density at radius 2 is 1.90 bits per heavy atom. The van der Waals surface area contributed by atoms with Crippen LogP contribution in [-0.2, 0) is 13.0 Å². The smallest absolute Gasteiger partial charge is 0.148 e. The zero-order valence-electron chi connectivity index (χ0n) is 10.7. The molecule has 0 aliphatic rings. The van der Waals surface area contributed by atoms with Crippen LogP contribution in [0.15, 0.2) is 36.4 Å². The summed E-state index contributed by atoms with van der Waals surface area (Å²) in [5, 5.41) is 0.0485. The van der Waals surface area contributed by atoms with E-state index in [1.54, 1.807) is 12.1 Å². The Balaban J connectivity index is 2.16. The number of hydrogen-bond acceptors (Lipinski definition) is 2. The SMILES string of the molecule is NCCc1cc(F)ccc1OCc1cccc(Cl)c1F. The van der Waals surface area contributed by atoms with E-state index >= 15 is 0 Å². The van der Waals surface area contributed by atoms with Crippen LogP contribution in [0.4, 0.5) is 8.78 Å². The molecule has 0 amide bonds.